The Morgan fingerprint density at radius 1 is 1.05 bits per heavy atom. The maximum Gasteiger partial charge on any atom is 0.328 e. The van der Waals surface area contributed by atoms with Gasteiger partial charge in [0.15, 0.2) is 17.2 Å². The molecule has 7 rings (SSSR count). The third-order valence-corrected chi connectivity index (χ3v) is 6.96. The molecule has 0 fully saturated rings. The van der Waals surface area contributed by atoms with Crippen molar-refractivity contribution in [1.82, 2.24) is 29.1 Å². The first kappa shape index (κ1) is 22.6. The standard InChI is InChI=1S/C27H17ClF2N6O2/c28-15-6-4-14(5-7-15)22-23-25(34-26(32-22)35-13-31-19-9-8-16(29)12-21(19)35)36(27(37)33-23)20-10-11-38-24-17(20)2-1-3-18(24)30/h1-9,12-13,20H,10-11H2,(H,33,37)/t20-/m1/s1. The van der Waals surface area contributed by atoms with Crippen LogP contribution in [0.15, 0.2) is 71.8 Å². The molecule has 3 aromatic heterocycles. The Morgan fingerprint density at radius 3 is 2.74 bits per heavy atom. The SMILES string of the molecule is O=c1[nH]c2c(-c3ccc(Cl)cc3)nc(-n3cnc4ccc(F)cc43)nc2n1[C@@H]1CCOc2c(F)cccc21. The van der Waals surface area contributed by atoms with Crippen molar-refractivity contribution < 1.29 is 13.5 Å². The average molecular weight is 531 g/mol. The predicted octanol–water partition coefficient (Wildman–Crippen LogP) is 5.43. The number of nitrogens with zero attached hydrogens (tertiary/aromatic N) is 5. The molecule has 38 heavy (non-hydrogen) atoms. The van der Waals surface area contributed by atoms with Crippen LogP contribution in [0.5, 0.6) is 5.75 Å². The molecule has 8 nitrogen and oxygen atoms in total. The lowest BCUT2D eigenvalue weighted by Crippen LogP contribution is -2.28. The number of para-hydroxylation sites is 1. The number of H-pyrrole nitrogens is 1. The third kappa shape index (κ3) is 3.48. The van der Waals surface area contributed by atoms with Crippen LogP contribution in [0.1, 0.15) is 18.0 Å². The highest BCUT2D eigenvalue weighted by Gasteiger charge is 2.30. The molecule has 188 valence electrons. The molecular formula is C27H17ClF2N6O2. The largest absolute Gasteiger partial charge is 0.490 e. The van der Waals surface area contributed by atoms with E-state index in [-0.39, 0.29) is 18.3 Å². The zero-order chi connectivity index (χ0) is 26.0. The van der Waals surface area contributed by atoms with Gasteiger partial charge < -0.3 is 9.72 Å². The first-order valence-electron chi connectivity index (χ1n) is 11.8. The average Bonchev–Trinajstić information content (AvgIpc) is 3.48. The van der Waals surface area contributed by atoms with E-state index in [1.807, 2.05) is 0 Å². The highest BCUT2D eigenvalue weighted by Crippen LogP contribution is 2.38. The number of hydrogen-bond donors (Lipinski definition) is 1. The van der Waals surface area contributed by atoms with Crippen LogP contribution in [0, 0.1) is 11.6 Å². The zero-order valence-corrected chi connectivity index (χ0v) is 20.3. The van der Waals surface area contributed by atoms with Gasteiger partial charge in [-0.2, -0.15) is 4.98 Å². The second-order valence-corrected chi connectivity index (χ2v) is 9.37. The molecule has 1 aliphatic rings. The van der Waals surface area contributed by atoms with E-state index < -0.39 is 23.4 Å². The van der Waals surface area contributed by atoms with Gasteiger partial charge in [0.25, 0.3) is 0 Å². The van der Waals surface area contributed by atoms with Gasteiger partial charge in [-0.1, -0.05) is 35.9 Å². The Labute approximate surface area is 218 Å². The summed E-state index contributed by atoms with van der Waals surface area (Å²) in [6.45, 7) is 0.227. The Kier molecular flexibility index (Phi) is 5.05. The number of hydrogen-bond acceptors (Lipinski definition) is 5. The molecule has 0 aliphatic carbocycles. The minimum atomic E-state index is -0.534. The van der Waals surface area contributed by atoms with Gasteiger partial charge >= 0.3 is 5.69 Å². The summed E-state index contributed by atoms with van der Waals surface area (Å²) in [6.07, 6.45) is 1.93. The zero-order valence-electron chi connectivity index (χ0n) is 19.5. The van der Waals surface area contributed by atoms with Crippen LogP contribution in [-0.2, 0) is 0 Å². The summed E-state index contributed by atoms with van der Waals surface area (Å²) in [5, 5.41) is 0.544. The van der Waals surface area contributed by atoms with Gasteiger partial charge in [-0.15, -0.1) is 0 Å². The molecule has 0 bridgehead atoms. The third-order valence-electron chi connectivity index (χ3n) is 6.71. The van der Waals surface area contributed by atoms with Crippen LogP contribution in [0.2, 0.25) is 5.02 Å². The van der Waals surface area contributed by atoms with E-state index in [0.29, 0.717) is 50.5 Å². The van der Waals surface area contributed by atoms with Gasteiger partial charge in [0.05, 0.1) is 23.7 Å². The number of imidazole rings is 2. The number of nitrogens with one attached hydrogen (secondary N) is 1. The quantitative estimate of drug-likeness (QED) is 0.329. The predicted molar refractivity (Wildman–Crippen MR) is 138 cm³/mol. The topological polar surface area (TPSA) is 90.6 Å². The number of aromatic amines is 1. The van der Waals surface area contributed by atoms with Gasteiger partial charge in [-0.25, -0.2) is 23.5 Å². The molecule has 0 saturated heterocycles. The Hall–Kier alpha value is -4.57. The Bertz CT molecular complexity index is 1930. The lowest BCUT2D eigenvalue weighted by molar-refractivity contribution is 0.244. The second-order valence-electron chi connectivity index (χ2n) is 8.94. The van der Waals surface area contributed by atoms with Crippen molar-refractivity contribution in [2.45, 2.75) is 12.5 Å². The van der Waals surface area contributed by atoms with E-state index in [0.717, 1.165) is 0 Å². The minimum Gasteiger partial charge on any atom is -0.490 e. The molecule has 1 aliphatic heterocycles. The van der Waals surface area contributed by atoms with Gasteiger partial charge in [-0.3, -0.25) is 9.13 Å². The van der Waals surface area contributed by atoms with E-state index >= 15 is 0 Å². The molecule has 6 aromatic rings. The van der Waals surface area contributed by atoms with Crippen molar-refractivity contribution in [1.29, 1.82) is 0 Å². The fourth-order valence-corrected chi connectivity index (χ4v) is 5.11. The van der Waals surface area contributed by atoms with E-state index in [2.05, 4.69) is 9.97 Å². The van der Waals surface area contributed by atoms with Crippen LogP contribution in [-0.4, -0.2) is 35.7 Å². The van der Waals surface area contributed by atoms with E-state index in [1.165, 1.54) is 29.1 Å². The minimum absolute atomic E-state index is 0.119. The number of rotatable bonds is 3. The van der Waals surface area contributed by atoms with Crippen molar-refractivity contribution >= 4 is 33.8 Å². The van der Waals surface area contributed by atoms with Crippen LogP contribution in [0.3, 0.4) is 0 Å². The normalized spacial score (nSPS) is 15.1. The maximum absolute atomic E-state index is 14.6. The maximum atomic E-state index is 14.6. The molecule has 4 heterocycles. The summed E-state index contributed by atoms with van der Waals surface area (Å²) in [6, 6.07) is 15.4. The van der Waals surface area contributed by atoms with Gasteiger partial charge in [0.2, 0.25) is 5.95 Å². The summed E-state index contributed by atoms with van der Waals surface area (Å²) >= 11 is 6.12. The van der Waals surface area contributed by atoms with E-state index in [4.69, 9.17) is 26.3 Å². The fraction of sp³-hybridized carbons (Fsp3) is 0.111. The molecule has 0 radical (unpaired) electrons. The van der Waals surface area contributed by atoms with Crippen molar-refractivity contribution in [2.24, 2.45) is 0 Å². The molecule has 0 spiro atoms. The number of halogens is 3. The molecule has 0 unspecified atom stereocenters. The van der Waals surface area contributed by atoms with Crippen molar-refractivity contribution in [2.75, 3.05) is 6.61 Å². The van der Waals surface area contributed by atoms with Crippen LogP contribution < -0.4 is 10.4 Å². The fourth-order valence-electron chi connectivity index (χ4n) is 4.98. The molecule has 11 heteroatoms. The van der Waals surface area contributed by atoms with Crippen molar-refractivity contribution in [3.05, 3.63) is 99.7 Å². The van der Waals surface area contributed by atoms with E-state index in [1.54, 1.807) is 47.0 Å². The van der Waals surface area contributed by atoms with Gasteiger partial charge in [-0.05, 0) is 30.3 Å². The summed E-state index contributed by atoms with van der Waals surface area (Å²) in [5.41, 5.74) is 2.99. The summed E-state index contributed by atoms with van der Waals surface area (Å²) in [7, 11) is 0. The first-order valence-corrected chi connectivity index (χ1v) is 12.2. The lowest BCUT2D eigenvalue weighted by Gasteiger charge is -2.26. The lowest BCUT2D eigenvalue weighted by atomic mass is 10.00. The van der Waals surface area contributed by atoms with Gasteiger partial charge in [0, 0.05) is 28.6 Å². The smallest absolute Gasteiger partial charge is 0.328 e. The summed E-state index contributed by atoms with van der Waals surface area (Å²) in [5.74, 6) is -0.620. The number of aromatic nitrogens is 6. The highest BCUT2D eigenvalue weighted by molar-refractivity contribution is 6.30. The number of fused-ring (bicyclic) bond motifs is 3. The Balaban J connectivity index is 1.53. The molecule has 0 amide bonds. The van der Waals surface area contributed by atoms with Crippen LogP contribution in [0.25, 0.3) is 39.4 Å². The first-order chi connectivity index (χ1) is 18.5. The molecular weight excluding hydrogens is 514 g/mol. The summed E-state index contributed by atoms with van der Waals surface area (Å²) < 4.78 is 37.3. The summed E-state index contributed by atoms with van der Waals surface area (Å²) in [4.78, 5) is 30.2. The Morgan fingerprint density at radius 2 is 1.89 bits per heavy atom. The van der Waals surface area contributed by atoms with Crippen LogP contribution in [0.4, 0.5) is 8.78 Å². The molecule has 0 saturated carbocycles. The van der Waals surface area contributed by atoms with E-state index in [9.17, 15) is 13.6 Å². The monoisotopic (exact) mass is 530 g/mol. The second kappa shape index (κ2) is 8.49. The van der Waals surface area contributed by atoms with Gasteiger partial charge in [0.1, 0.15) is 23.4 Å². The van der Waals surface area contributed by atoms with Crippen molar-refractivity contribution in [3.8, 4) is 23.0 Å². The molecule has 3 aromatic carbocycles. The molecule has 1 N–H and O–H groups in total. The van der Waals surface area contributed by atoms with Crippen molar-refractivity contribution in [3.63, 3.8) is 0 Å². The van der Waals surface area contributed by atoms with Crippen LogP contribution >= 0.6 is 11.6 Å². The number of ether oxygens (including phenoxy) is 1. The highest BCUT2D eigenvalue weighted by atomic mass is 35.5. The number of benzene rings is 3. The molecule has 1 atom stereocenters.